The van der Waals surface area contributed by atoms with Gasteiger partial charge in [-0.05, 0) is 37.0 Å². The third-order valence-electron chi connectivity index (χ3n) is 4.45. The van der Waals surface area contributed by atoms with Crippen molar-refractivity contribution >= 4 is 5.91 Å². The molecule has 144 valence electrons. The number of hydrogen-bond acceptors (Lipinski definition) is 4. The van der Waals surface area contributed by atoms with Crippen molar-refractivity contribution in [3.8, 4) is 0 Å². The highest BCUT2D eigenvalue weighted by Crippen LogP contribution is 2.18. The molecular formula is C19H26F2N2O3. The van der Waals surface area contributed by atoms with E-state index in [0.29, 0.717) is 25.1 Å². The van der Waals surface area contributed by atoms with Crippen molar-refractivity contribution in [3.05, 3.63) is 48.1 Å². The van der Waals surface area contributed by atoms with E-state index in [4.69, 9.17) is 4.74 Å². The van der Waals surface area contributed by atoms with E-state index in [1.54, 1.807) is 6.08 Å². The van der Waals surface area contributed by atoms with Gasteiger partial charge in [-0.25, -0.2) is 8.78 Å². The largest absolute Gasteiger partial charge is 0.389 e. The number of nitrogens with one attached hydrogen (secondary N) is 2. The molecule has 1 aromatic carbocycles. The number of carbonyl (C=O) groups excluding carboxylic acids is 1. The molecule has 4 atom stereocenters. The minimum absolute atomic E-state index is 0.0491. The van der Waals surface area contributed by atoms with Crippen LogP contribution in [0.2, 0.25) is 0 Å². The van der Waals surface area contributed by atoms with Gasteiger partial charge in [0.25, 0.3) is 0 Å². The first-order chi connectivity index (χ1) is 12.4. The minimum Gasteiger partial charge on any atom is -0.389 e. The molecule has 3 N–H and O–H groups in total. The van der Waals surface area contributed by atoms with E-state index in [-0.39, 0.29) is 24.5 Å². The maximum atomic E-state index is 13.4. The van der Waals surface area contributed by atoms with Crippen LogP contribution in [0.1, 0.15) is 25.3 Å². The second kappa shape index (κ2) is 9.75. The number of halogens is 2. The Morgan fingerprint density at radius 1 is 1.42 bits per heavy atom. The van der Waals surface area contributed by atoms with E-state index in [0.717, 1.165) is 12.5 Å². The van der Waals surface area contributed by atoms with Gasteiger partial charge < -0.3 is 20.5 Å². The third kappa shape index (κ3) is 6.16. The quantitative estimate of drug-likeness (QED) is 0.611. The van der Waals surface area contributed by atoms with Gasteiger partial charge in [0.15, 0.2) is 0 Å². The summed E-state index contributed by atoms with van der Waals surface area (Å²) in [6, 6.07) is 2.31. The average molecular weight is 368 g/mol. The second-order valence-corrected chi connectivity index (χ2v) is 6.62. The van der Waals surface area contributed by atoms with Crippen molar-refractivity contribution in [3.63, 3.8) is 0 Å². The van der Waals surface area contributed by atoms with Gasteiger partial charge in [-0.2, -0.15) is 0 Å². The van der Waals surface area contributed by atoms with Crippen molar-refractivity contribution in [2.75, 3.05) is 13.2 Å². The molecule has 0 bridgehead atoms. The zero-order valence-electron chi connectivity index (χ0n) is 14.9. The Morgan fingerprint density at radius 2 is 2.12 bits per heavy atom. The smallest absolute Gasteiger partial charge is 0.217 e. The predicted octanol–water partition coefficient (Wildman–Crippen LogP) is 1.70. The van der Waals surface area contributed by atoms with Crippen LogP contribution >= 0.6 is 0 Å². The fraction of sp³-hybridized carbons (Fsp3) is 0.526. The van der Waals surface area contributed by atoms with Crippen molar-refractivity contribution in [2.24, 2.45) is 0 Å². The highest BCUT2D eigenvalue weighted by Gasteiger charge is 2.32. The topological polar surface area (TPSA) is 70.6 Å². The van der Waals surface area contributed by atoms with Crippen LogP contribution in [0.3, 0.4) is 0 Å². The zero-order chi connectivity index (χ0) is 19.1. The third-order valence-corrected chi connectivity index (χ3v) is 4.45. The second-order valence-electron chi connectivity index (χ2n) is 6.62. The lowest BCUT2D eigenvalue weighted by atomic mass is 9.90. The number of rotatable bonds is 8. The molecule has 2 rings (SSSR count). The lowest BCUT2D eigenvalue weighted by Gasteiger charge is -2.36. The van der Waals surface area contributed by atoms with Crippen LogP contribution in [0.4, 0.5) is 8.78 Å². The number of ether oxygens (including phenoxy) is 1. The molecule has 1 amide bonds. The molecule has 1 saturated heterocycles. The first-order valence-electron chi connectivity index (χ1n) is 8.75. The Hall–Kier alpha value is -1.83. The standard InChI is InChI=1S/C19H26F2N2O3/c1-3-6-26-16-4-5-17(22-11-16)19(25)18(23-12(2)24)9-13-7-14(20)10-15(21)8-13/h3,7-8,10,16-19,22,25H,1,4-6,9,11H2,2H3,(H,23,24)/t16-,17-,18+,19+/m1/s1. The molecule has 0 spiro atoms. The summed E-state index contributed by atoms with van der Waals surface area (Å²) in [6.07, 6.45) is 2.40. The van der Waals surface area contributed by atoms with Gasteiger partial charge in [0.1, 0.15) is 11.6 Å². The van der Waals surface area contributed by atoms with E-state index >= 15 is 0 Å². The number of benzene rings is 1. The highest BCUT2D eigenvalue weighted by molar-refractivity contribution is 5.73. The lowest BCUT2D eigenvalue weighted by Crippen LogP contribution is -2.56. The van der Waals surface area contributed by atoms with Crippen molar-refractivity contribution in [1.82, 2.24) is 10.6 Å². The zero-order valence-corrected chi connectivity index (χ0v) is 14.9. The molecular weight excluding hydrogens is 342 g/mol. The van der Waals surface area contributed by atoms with Crippen LogP contribution in [0.5, 0.6) is 0 Å². The van der Waals surface area contributed by atoms with Gasteiger partial charge in [-0.1, -0.05) is 6.08 Å². The monoisotopic (exact) mass is 368 g/mol. The van der Waals surface area contributed by atoms with Crippen LogP contribution < -0.4 is 10.6 Å². The van der Waals surface area contributed by atoms with Crippen LogP contribution in [0, 0.1) is 11.6 Å². The molecule has 26 heavy (non-hydrogen) atoms. The summed E-state index contributed by atoms with van der Waals surface area (Å²) in [7, 11) is 0. The predicted molar refractivity (Wildman–Crippen MR) is 94.6 cm³/mol. The number of aliphatic hydroxyl groups is 1. The maximum Gasteiger partial charge on any atom is 0.217 e. The number of amides is 1. The number of aliphatic hydroxyl groups excluding tert-OH is 1. The molecule has 1 aliphatic heterocycles. The molecule has 1 aromatic rings. The normalized spacial score (nSPS) is 22.5. The Bertz CT molecular complexity index is 599. The Morgan fingerprint density at radius 3 is 2.65 bits per heavy atom. The number of hydrogen-bond donors (Lipinski definition) is 3. The molecule has 0 saturated carbocycles. The van der Waals surface area contributed by atoms with Crippen molar-refractivity contribution < 1.29 is 23.4 Å². The van der Waals surface area contributed by atoms with Gasteiger partial charge in [0, 0.05) is 25.6 Å². The Balaban J connectivity index is 2.01. The lowest BCUT2D eigenvalue weighted by molar-refractivity contribution is -0.120. The molecule has 7 heteroatoms. The molecule has 0 aliphatic carbocycles. The van der Waals surface area contributed by atoms with Crippen LogP contribution in [0.15, 0.2) is 30.9 Å². The van der Waals surface area contributed by atoms with Crippen LogP contribution in [0.25, 0.3) is 0 Å². The summed E-state index contributed by atoms with van der Waals surface area (Å²) in [6.45, 7) is 6.01. The maximum absolute atomic E-state index is 13.4. The molecule has 5 nitrogen and oxygen atoms in total. The molecule has 1 aliphatic rings. The molecule has 0 unspecified atom stereocenters. The molecule has 1 heterocycles. The summed E-state index contributed by atoms with van der Waals surface area (Å²) in [4.78, 5) is 11.5. The van der Waals surface area contributed by atoms with Crippen LogP contribution in [-0.2, 0) is 16.0 Å². The van der Waals surface area contributed by atoms with E-state index in [1.807, 2.05) is 0 Å². The first-order valence-corrected chi connectivity index (χ1v) is 8.75. The Kier molecular flexibility index (Phi) is 7.68. The number of piperidine rings is 1. The number of carbonyl (C=O) groups is 1. The molecule has 1 fully saturated rings. The van der Waals surface area contributed by atoms with Gasteiger partial charge in [-0.15, -0.1) is 6.58 Å². The summed E-state index contributed by atoms with van der Waals surface area (Å²) >= 11 is 0. The summed E-state index contributed by atoms with van der Waals surface area (Å²) < 4.78 is 32.4. The average Bonchev–Trinajstić information content (AvgIpc) is 2.58. The molecule has 0 aromatic heterocycles. The van der Waals surface area contributed by atoms with Crippen LogP contribution in [-0.4, -0.2) is 48.5 Å². The van der Waals surface area contributed by atoms with Gasteiger partial charge in [0.05, 0.1) is 24.9 Å². The summed E-state index contributed by atoms with van der Waals surface area (Å²) in [5.74, 6) is -1.68. The summed E-state index contributed by atoms with van der Waals surface area (Å²) in [5, 5.41) is 16.6. The Labute approximate surface area is 152 Å². The van der Waals surface area contributed by atoms with Crippen molar-refractivity contribution in [2.45, 2.75) is 50.5 Å². The SMILES string of the molecule is C=CCO[C@@H]1CC[C@H]([C@H](O)[C@H](Cc2cc(F)cc(F)c2)NC(C)=O)NC1. The summed E-state index contributed by atoms with van der Waals surface area (Å²) in [5.41, 5.74) is 0.378. The fourth-order valence-corrected chi connectivity index (χ4v) is 3.27. The fourth-order valence-electron chi connectivity index (χ4n) is 3.27. The van der Waals surface area contributed by atoms with E-state index in [1.165, 1.54) is 19.1 Å². The highest BCUT2D eigenvalue weighted by atomic mass is 19.1. The van der Waals surface area contributed by atoms with E-state index in [2.05, 4.69) is 17.2 Å². The molecule has 0 radical (unpaired) electrons. The van der Waals surface area contributed by atoms with E-state index < -0.39 is 23.8 Å². The van der Waals surface area contributed by atoms with Gasteiger partial charge in [-0.3, -0.25) is 4.79 Å². The van der Waals surface area contributed by atoms with E-state index in [9.17, 15) is 18.7 Å². The minimum atomic E-state index is -0.898. The van der Waals surface area contributed by atoms with Crippen molar-refractivity contribution in [1.29, 1.82) is 0 Å². The van der Waals surface area contributed by atoms with Gasteiger partial charge >= 0.3 is 0 Å². The first kappa shape index (κ1) is 20.5. The van der Waals surface area contributed by atoms with Gasteiger partial charge in [0.2, 0.25) is 5.91 Å².